The minimum absolute atomic E-state index is 0.0636. The Hall–Kier alpha value is -1.59. The molecule has 0 aliphatic heterocycles. The van der Waals surface area contributed by atoms with Crippen molar-refractivity contribution in [3.05, 3.63) is 0 Å². The van der Waals surface area contributed by atoms with Crippen molar-refractivity contribution in [2.75, 3.05) is 13.2 Å². The monoisotopic (exact) mass is 821 g/mol. The topological polar surface area (TPSA) is 78.9 Å². The van der Waals surface area contributed by atoms with Gasteiger partial charge in [0.15, 0.2) is 6.10 Å². The molecule has 0 spiro atoms. The Kier molecular flexibility index (Phi) is 45.2. The number of carbonyl (C=O) groups is 3. The van der Waals surface area contributed by atoms with Crippen molar-refractivity contribution in [2.45, 2.75) is 297 Å². The van der Waals surface area contributed by atoms with Gasteiger partial charge in [-0.15, -0.1) is 0 Å². The zero-order valence-electron chi connectivity index (χ0n) is 39.5. The fourth-order valence-corrected chi connectivity index (χ4v) is 7.86. The summed E-state index contributed by atoms with van der Waals surface area (Å²) in [7, 11) is 0. The molecule has 344 valence electrons. The normalized spacial score (nSPS) is 11.9. The first-order chi connectivity index (χ1) is 28.4. The molecule has 0 bridgehead atoms. The lowest BCUT2D eigenvalue weighted by atomic mass is 10.0. The van der Waals surface area contributed by atoms with Gasteiger partial charge in [-0.1, -0.05) is 252 Å². The summed E-state index contributed by atoms with van der Waals surface area (Å²) in [4.78, 5) is 37.9. The maximum absolute atomic E-state index is 12.7. The number of rotatable bonds is 47. The Morgan fingerprint density at radius 3 is 0.845 bits per heavy atom. The zero-order valence-corrected chi connectivity index (χ0v) is 39.5. The van der Waals surface area contributed by atoms with Crippen LogP contribution in [0.1, 0.15) is 291 Å². The fraction of sp³-hybridized carbons (Fsp3) is 0.942. The Morgan fingerprint density at radius 1 is 0.328 bits per heavy atom. The number of esters is 3. The van der Waals surface area contributed by atoms with Gasteiger partial charge in [-0.25, -0.2) is 0 Å². The quantitative estimate of drug-likeness (QED) is 0.0346. The number of hydrogen-bond acceptors (Lipinski definition) is 6. The second kappa shape index (κ2) is 46.5. The summed E-state index contributed by atoms with van der Waals surface area (Å²) in [5.74, 6) is -0.0702. The van der Waals surface area contributed by atoms with Gasteiger partial charge in [0.1, 0.15) is 13.2 Å². The lowest BCUT2D eigenvalue weighted by Crippen LogP contribution is -2.30. The first-order valence-corrected chi connectivity index (χ1v) is 25.9. The molecule has 0 saturated carbocycles. The molecule has 1 atom stereocenters. The largest absolute Gasteiger partial charge is 0.462 e. The summed E-state index contributed by atoms with van der Waals surface area (Å²) in [5, 5.41) is 0. The molecule has 6 nitrogen and oxygen atoms in total. The van der Waals surface area contributed by atoms with Gasteiger partial charge in [0.05, 0.1) is 0 Å². The number of ether oxygens (including phenoxy) is 3. The minimum atomic E-state index is -0.761. The number of hydrogen-bond donors (Lipinski definition) is 0. The smallest absolute Gasteiger partial charge is 0.306 e. The standard InChI is InChI=1S/C52H100O6/c1-5-7-9-11-13-15-17-19-20-21-22-24-26-28-32-36-40-44-51(54)57-47-49(58-52(55)45-41-37-33-29-30-34-38-42-48(3)4)46-56-50(53)43-39-35-31-27-25-23-18-16-14-12-10-8-6-2/h48-49H,5-47H2,1-4H3/t49-/m1/s1. The van der Waals surface area contributed by atoms with Crippen LogP contribution in [-0.2, 0) is 28.6 Å². The highest BCUT2D eigenvalue weighted by atomic mass is 16.6. The van der Waals surface area contributed by atoms with E-state index in [4.69, 9.17) is 14.2 Å². The zero-order chi connectivity index (χ0) is 42.4. The molecule has 0 aliphatic rings. The molecule has 0 radical (unpaired) electrons. The van der Waals surface area contributed by atoms with Crippen LogP contribution < -0.4 is 0 Å². The third kappa shape index (κ3) is 45.5. The molecule has 0 N–H and O–H groups in total. The van der Waals surface area contributed by atoms with Gasteiger partial charge in [-0.05, 0) is 25.2 Å². The van der Waals surface area contributed by atoms with Gasteiger partial charge in [-0.2, -0.15) is 0 Å². The average Bonchev–Trinajstić information content (AvgIpc) is 3.21. The molecule has 0 heterocycles. The molecule has 58 heavy (non-hydrogen) atoms. The van der Waals surface area contributed by atoms with Gasteiger partial charge in [-0.3, -0.25) is 14.4 Å². The van der Waals surface area contributed by atoms with E-state index in [1.165, 1.54) is 186 Å². The Labute approximate surface area is 361 Å². The van der Waals surface area contributed by atoms with E-state index < -0.39 is 6.10 Å². The summed E-state index contributed by atoms with van der Waals surface area (Å²) in [6, 6.07) is 0. The molecule has 0 saturated heterocycles. The first-order valence-electron chi connectivity index (χ1n) is 25.9. The van der Waals surface area contributed by atoms with Gasteiger partial charge in [0.2, 0.25) is 0 Å². The minimum Gasteiger partial charge on any atom is -0.462 e. The fourth-order valence-electron chi connectivity index (χ4n) is 7.86. The van der Waals surface area contributed by atoms with Crippen LogP contribution in [0.2, 0.25) is 0 Å². The molecule has 0 aromatic rings. The summed E-state index contributed by atoms with van der Waals surface area (Å²) in [5.41, 5.74) is 0. The van der Waals surface area contributed by atoms with E-state index in [1.807, 2.05) is 0 Å². The van der Waals surface area contributed by atoms with Crippen molar-refractivity contribution in [2.24, 2.45) is 5.92 Å². The first kappa shape index (κ1) is 56.4. The van der Waals surface area contributed by atoms with Crippen molar-refractivity contribution in [3.8, 4) is 0 Å². The second-order valence-electron chi connectivity index (χ2n) is 18.3. The SMILES string of the molecule is CCCCCCCCCCCCCCCCCCCC(=O)OC[C@@H](COC(=O)CCCCCCCCCCCCCCC)OC(=O)CCCCCCCCCC(C)C. The Bertz CT molecular complexity index is 872. The second-order valence-corrected chi connectivity index (χ2v) is 18.3. The molecule has 0 aliphatic carbocycles. The number of unbranched alkanes of at least 4 members (excludes halogenated alkanes) is 34. The highest BCUT2D eigenvalue weighted by Gasteiger charge is 2.19. The lowest BCUT2D eigenvalue weighted by molar-refractivity contribution is -0.167. The van der Waals surface area contributed by atoms with E-state index in [-0.39, 0.29) is 31.1 Å². The average molecular weight is 821 g/mol. The van der Waals surface area contributed by atoms with Gasteiger partial charge in [0.25, 0.3) is 0 Å². The molecule has 0 unspecified atom stereocenters. The highest BCUT2D eigenvalue weighted by Crippen LogP contribution is 2.17. The van der Waals surface area contributed by atoms with Crippen LogP contribution in [0.3, 0.4) is 0 Å². The molecule has 0 amide bonds. The van der Waals surface area contributed by atoms with Crippen LogP contribution >= 0.6 is 0 Å². The van der Waals surface area contributed by atoms with Crippen molar-refractivity contribution in [1.82, 2.24) is 0 Å². The van der Waals surface area contributed by atoms with E-state index >= 15 is 0 Å². The van der Waals surface area contributed by atoms with Crippen molar-refractivity contribution in [1.29, 1.82) is 0 Å². The van der Waals surface area contributed by atoms with Crippen molar-refractivity contribution in [3.63, 3.8) is 0 Å². The van der Waals surface area contributed by atoms with Crippen molar-refractivity contribution < 1.29 is 28.6 Å². The number of carbonyl (C=O) groups excluding carboxylic acids is 3. The van der Waals surface area contributed by atoms with Crippen LogP contribution in [0.5, 0.6) is 0 Å². The summed E-state index contributed by atoms with van der Waals surface area (Å²) in [6.45, 7) is 8.98. The van der Waals surface area contributed by atoms with Gasteiger partial charge < -0.3 is 14.2 Å². The summed E-state index contributed by atoms with van der Waals surface area (Å²) < 4.78 is 16.8. The molecular formula is C52H100O6. The molecule has 0 aromatic carbocycles. The third-order valence-corrected chi connectivity index (χ3v) is 11.8. The van der Waals surface area contributed by atoms with Crippen LogP contribution in [0.25, 0.3) is 0 Å². The van der Waals surface area contributed by atoms with Gasteiger partial charge >= 0.3 is 17.9 Å². The highest BCUT2D eigenvalue weighted by molar-refractivity contribution is 5.71. The van der Waals surface area contributed by atoms with E-state index in [2.05, 4.69) is 27.7 Å². The Morgan fingerprint density at radius 2 is 0.569 bits per heavy atom. The van der Waals surface area contributed by atoms with E-state index in [0.717, 1.165) is 63.7 Å². The van der Waals surface area contributed by atoms with Crippen LogP contribution in [0.15, 0.2) is 0 Å². The predicted molar refractivity (Wildman–Crippen MR) is 247 cm³/mol. The van der Waals surface area contributed by atoms with E-state index in [0.29, 0.717) is 19.3 Å². The van der Waals surface area contributed by atoms with Crippen molar-refractivity contribution >= 4 is 17.9 Å². The van der Waals surface area contributed by atoms with E-state index in [9.17, 15) is 14.4 Å². The predicted octanol–water partition coefficient (Wildman–Crippen LogP) is 16.7. The summed E-state index contributed by atoms with van der Waals surface area (Å²) in [6.07, 6.45) is 48.1. The molecule has 0 aromatic heterocycles. The lowest BCUT2D eigenvalue weighted by Gasteiger charge is -2.18. The maximum Gasteiger partial charge on any atom is 0.306 e. The van der Waals surface area contributed by atoms with Crippen LogP contribution in [0.4, 0.5) is 0 Å². The van der Waals surface area contributed by atoms with Crippen LogP contribution in [0, 0.1) is 5.92 Å². The molecule has 0 rings (SSSR count). The Balaban J connectivity index is 4.25. The maximum atomic E-state index is 12.7. The summed E-state index contributed by atoms with van der Waals surface area (Å²) >= 11 is 0. The molecule has 0 fully saturated rings. The third-order valence-electron chi connectivity index (χ3n) is 11.8. The van der Waals surface area contributed by atoms with Gasteiger partial charge in [0, 0.05) is 19.3 Å². The molecular weight excluding hydrogens is 721 g/mol. The van der Waals surface area contributed by atoms with E-state index in [1.54, 1.807) is 0 Å². The molecule has 6 heteroatoms. The van der Waals surface area contributed by atoms with Crippen LogP contribution in [-0.4, -0.2) is 37.2 Å².